The summed E-state index contributed by atoms with van der Waals surface area (Å²) in [6, 6.07) is 5.92. The highest BCUT2D eigenvalue weighted by Crippen LogP contribution is 2.35. The van der Waals surface area contributed by atoms with Crippen molar-refractivity contribution in [3.05, 3.63) is 41.3 Å². The highest BCUT2D eigenvalue weighted by molar-refractivity contribution is 5.76. The van der Waals surface area contributed by atoms with E-state index < -0.39 is 0 Å². The van der Waals surface area contributed by atoms with Gasteiger partial charge in [-0.15, -0.1) is 0 Å². The number of rotatable bonds is 4. The Morgan fingerprint density at radius 3 is 2.88 bits per heavy atom. The fraction of sp³-hybridized carbons (Fsp3) is 0.550. The van der Waals surface area contributed by atoms with E-state index in [1.54, 1.807) is 0 Å². The number of piperidine rings is 1. The van der Waals surface area contributed by atoms with Crippen molar-refractivity contribution in [1.82, 2.24) is 19.7 Å². The summed E-state index contributed by atoms with van der Waals surface area (Å²) < 4.78 is 7.75. The summed E-state index contributed by atoms with van der Waals surface area (Å²) in [5.41, 5.74) is 3.61. The number of fused-ring (bicyclic) bond motifs is 1. The predicted octanol–water partition coefficient (Wildman–Crippen LogP) is 2.85. The van der Waals surface area contributed by atoms with E-state index in [-0.39, 0.29) is 5.91 Å². The van der Waals surface area contributed by atoms with E-state index >= 15 is 0 Å². The lowest BCUT2D eigenvalue weighted by atomic mass is 9.89. The molecular formula is C20H26N4O2. The summed E-state index contributed by atoms with van der Waals surface area (Å²) >= 11 is 0. The number of pyridine rings is 1. The lowest BCUT2D eigenvalue weighted by molar-refractivity contribution is -0.132. The first-order chi connectivity index (χ1) is 12.8. The largest absolute Gasteiger partial charge is 0.376 e. The van der Waals surface area contributed by atoms with E-state index in [0.29, 0.717) is 18.9 Å². The van der Waals surface area contributed by atoms with Gasteiger partial charge in [0, 0.05) is 43.6 Å². The highest BCUT2D eigenvalue weighted by atomic mass is 16.5. The average molecular weight is 354 g/mol. The van der Waals surface area contributed by atoms with E-state index in [2.05, 4.69) is 11.9 Å². The van der Waals surface area contributed by atoms with Crippen LogP contribution in [0.1, 0.15) is 55.5 Å². The number of carbonyl (C=O) groups is 1. The number of aromatic nitrogens is 3. The molecule has 0 atom stereocenters. The molecule has 2 aromatic heterocycles. The van der Waals surface area contributed by atoms with Gasteiger partial charge in [-0.05, 0) is 31.4 Å². The molecule has 6 heteroatoms. The Labute approximate surface area is 154 Å². The Morgan fingerprint density at radius 2 is 2.15 bits per heavy atom. The third kappa shape index (κ3) is 3.26. The first-order valence-electron chi connectivity index (χ1n) is 9.65. The zero-order chi connectivity index (χ0) is 17.9. The zero-order valence-electron chi connectivity index (χ0n) is 15.4. The van der Waals surface area contributed by atoms with E-state index in [1.165, 1.54) is 11.3 Å². The molecule has 0 N–H and O–H groups in total. The Kier molecular flexibility index (Phi) is 5.02. The van der Waals surface area contributed by atoms with Crippen LogP contribution in [0, 0.1) is 0 Å². The molecule has 0 unspecified atom stereocenters. The maximum Gasteiger partial charge on any atom is 0.222 e. The van der Waals surface area contributed by atoms with Gasteiger partial charge in [-0.25, -0.2) is 9.67 Å². The second-order valence-corrected chi connectivity index (χ2v) is 7.12. The van der Waals surface area contributed by atoms with Gasteiger partial charge >= 0.3 is 0 Å². The number of carbonyl (C=O) groups excluding carboxylic acids is 1. The normalized spacial score (nSPS) is 18.0. The molecule has 1 saturated heterocycles. The van der Waals surface area contributed by atoms with Crippen LogP contribution in [0.15, 0.2) is 24.4 Å². The lowest BCUT2D eigenvalue weighted by Gasteiger charge is -2.33. The zero-order valence-corrected chi connectivity index (χ0v) is 15.4. The van der Waals surface area contributed by atoms with Crippen molar-refractivity contribution in [2.24, 2.45) is 0 Å². The second-order valence-electron chi connectivity index (χ2n) is 7.12. The van der Waals surface area contributed by atoms with Crippen molar-refractivity contribution in [3.63, 3.8) is 0 Å². The van der Waals surface area contributed by atoms with Crippen molar-refractivity contribution >= 4 is 5.91 Å². The van der Waals surface area contributed by atoms with Gasteiger partial charge in [0.1, 0.15) is 0 Å². The van der Waals surface area contributed by atoms with E-state index in [4.69, 9.17) is 9.84 Å². The molecule has 2 aliphatic heterocycles. The molecule has 0 spiro atoms. The molecule has 0 aromatic carbocycles. The van der Waals surface area contributed by atoms with Crippen molar-refractivity contribution in [2.45, 2.75) is 51.6 Å². The standard InChI is InChI=1S/C20H26N4O2/c1-2-5-19(25)23-11-7-15(8-12-23)20-16-14-26-13-9-17(16)22-24(20)18-6-3-4-10-21-18/h3-4,6,10,15H,2,5,7-9,11-14H2,1H3. The van der Waals surface area contributed by atoms with E-state index in [1.807, 2.05) is 34.0 Å². The molecule has 0 saturated carbocycles. The average Bonchev–Trinajstić information content (AvgIpc) is 3.08. The molecular weight excluding hydrogens is 328 g/mol. The number of likely N-dealkylation sites (tertiary alicyclic amines) is 1. The predicted molar refractivity (Wildman–Crippen MR) is 98.2 cm³/mol. The third-order valence-electron chi connectivity index (χ3n) is 5.40. The minimum Gasteiger partial charge on any atom is -0.376 e. The minimum absolute atomic E-state index is 0.287. The van der Waals surface area contributed by atoms with E-state index in [0.717, 1.165) is 56.9 Å². The number of hydrogen-bond acceptors (Lipinski definition) is 4. The van der Waals surface area contributed by atoms with Crippen LogP contribution in [0.4, 0.5) is 0 Å². The molecule has 0 aliphatic carbocycles. The smallest absolute Gasteiger partial charge is 0.222 e. The van der Waals surface area contributed by atoms with Gasteiger partial charge in [-0.1, -0.05) is 13.0 Å². The van der Waals surface area contributed by atoms with Gasteiger partial charge < -0.3 is 9.64 Å². The van der Waals surface area contributed by atoms with Crippen LogP contribution in [0.25, 0.3) is 5.82 Å². The van der Waals surface area contributed by atoms with Gasteiger partial charge in [-0.2, -0.15) is 5.10 Å². The number of amides is 1. The molecule has 2 aliphatic rings. The summed E-state index contributed by atoms with van der Waals surface area (Å²) in [6.45, 7) is 5.07. The number of nitrogens with zero attached hydrogens (tertiary/aromatic N) is 4. The molecule has 1 fully saturated rings. The lowest BCUT2D eigenvalue weighted by Crippen LogP contribution is -2.38. The molecule has 2 aromatic rings. The summed E-state index contributed by atoms with van der Waals surface area (Å²) in [6.07, 6.45) is 6.18. The Morgan fingerprint density at radius 1 is 1.31 bits per heavy atom. The quantitative estimate of drug-likeness (QED) is 0.847. The van der Waals surface area contributed by atoms with Crippen LogP contribution in [-0.4, -0.2) is 45.3 Å². The van der Waals surface area contributed by atoms with Crippen molar-refractivity contribution in [3.8, 4) is 5.82 Å². The van der Waals surface area contributed by atoms with Crippen molar-refractivity contribution < 1.29 is 9.53 Å². The van der Waals surface area contributed by atoms with Gasteiger partial charge in [-0.3, -0.25) is 4.79 Å². The minimum atomic E-state index is 0.287. The number of hydrogen-bond donors (Lipinski definition) is 0. The maximum atomic E-state index is 12.2. The topological polar surface area (TPSA) is 60.2 Å². The summed E-state index contributed by atoms with van der Waals surface area (Å²) in [4.78, 5) is 18.7. The third-order valence-corrected chi connectivity index (χ3v) is 5.40. The molecule has 0 bridgehead atoms. The summed E-state index contributed by atoms with van der Waals surface area (Å²) in [5, 5.41) is 4.87. The van der Waals surface area contributed by atoms with Crippen LogP contribution in [-0.2, 0) is 22.6 Å². The molecule has 4 rings (SSSR count). The van der Waals surface area contributed by atoms with Crippen LogP contribution >= 0.6 is 0 Å². The van der Waals surface area contributed by atoms with Gasteiger partial charge in [0.15, 0.2) is 5.82 Å². The molecule has 1 amide bonds. The van der Waals surface area contributed by atoms with Gasteiger partial charge in [0.25, 0.3) is 0 Å². The summed E-state index contributed by atoms with van der Waals surface area (Å²) in [5.74, 6) is 1.54. The monoisotopic (exact) mass is 354 g/mol. The van der Waals surface area contributed by atoms with Gasteiger partial charge in [0.05, 0.1) is 24.6 Å². The fourth-order valence-corrected chi connectivity index (χ4v) is 4.06. The first kappa shape index (κ1) is 17.2. The Bertz CT molecular complexity index is 764. The molecule has 6 nitrogen and oxygen atoms in total. The summed E-state index contributed by atoms with van der Waals surface area (Å²) in [7, 11) is 0. The van der Waals surface area contributed by atoms with Crippen LogP contribution < -0.4 is 0 Å². The molecule has 0 radical (unpaired) electrons. The van der Waals surface area contributed by atoms with Crippen LogP contribution in [0.5, 0.6) is 0 Å². The molecule has 26 heavy (non-hydrogen) atoms. The van der Waals surface area contributed by atoms with Crippen molar-refractivity contribution in [1.29, 1.82) is 0 Å². The van der Waals surface area contributed by atoms with Gasteiger partial charge in [0.2, 0.25) is 5.91 Å². The Hall–Kier alpha value is -2.21. The number of ether oxygens (including phenoxy) is 1. The van der Waals surface area contributed by atoms with Crippen LogP contribution in [0.2, 0.25) is 0 Å². The van der Waals surface area contributed by atoms with Crippen LogP contribution in [0.3, 0.4) is 0 Å². The molecule has 138 valence electrons. The fourth-order valence-electron chi connectivity index (χ4n) is 4.06. The SMILES string of the molecule is CCCC(=O)N1CCC(c2c3c(nn2-c2ccccn2)CCOC3)CC1. The van der Waals surface area contributed by atoms with E-state index in [9.17, 15) is 4.79 Å². The first-order valence-corrected chi connectivity index (χ1v) is 9.65. The molecule has 4 heterocycles. The maximum absolute atomic E-state index is 12.2. The Balaban J connectivity index is 1.62. The highest BCUT2D eigenvalue weighted by Gasteiger charge is 2.31. The second kappa shape index (κ2) is 7.58. The van der Waals surface area contributed by atoms with Crippen molar-refractivity contribution in [2.75, 3.05) is 19.7 Å².